The SMILES string of the molecule is O=C1CCC(N2Cc3cc(C(=O)NCc4ccc(CN(CCO)CCc5ccc(Cl)c(Cl)c5)cc4)ccc3C2=O)C(=O)N1. The number of imide groups is 1. The Hall–Kier alpha value is -3.76. The number of piperidine rings is 1. The number of halogens is 2. The molecular weight excluding hydrogens is 591 g/mol. The second-order valence-electron chi connectivity index (χ2n) is 10.8. The van der Waals surface area contributed by atoms with Gasteiger partial charge in [-0.05, 0) is 65.4 Å². The maximum absolute atomic E-state index is 12.9. The summed E-state index contributed by atoms with van der Waals surface area (Å²) in [6, 6.07) is 17.8. The smallest absolute Gasteiger partial charge is 0.255 e. The van der Waals surface area contributed by atoms with Crippen LogP contribution in [0.3, 0.4) is 0 Å². The Morgan fingerprint density at radius 1 is 0.953 bits per heavy atom. The molecule has 2 aliphatic heterocycles. The van der Waals surface area contributed by atoms with Crippen LogP contribution in [0.2, 0.25) is 10.0 Å². The van der Waals surface area contributed by atoms with Crippen LogP contribution in [0.1, 0.15) is 55.8 Å². The molecule has 0 radical (unpaired) electrons. The molecule has 224 valence electrons. The molecule has 0 bridgehead atoms. The number of nitrogens with one attached hydrogen (secondary N) is 2. The van der Waals surface area contributed by atoms with Gasteiger partial charge in [0, 0.05) is 50.3 Å². The molecule has 0 saturated carbocycles. The van der Waals surface area contributed by atoms with Crippen molar-refractivity contribution in [2.24, 2.45) is 0 Å². The summed E-state index contributed by atoms with van der Waals surface area (Å²) in [5, 5.41) is 15.8. The number of hydrogen-bond acceptors (Lipinski definition) is 6. The lowest BCUT2D eigenvalue weighted by atomic mass is 10.0. The van der Waals surface area contributed by atoms with Crippen molar-refractivity contribution in [2.75, 3.05) is 19.7 Å². The zero-order chi connectivity index (χ0) is 30.5. The van der Waals surface area contributed by atoms with E-state index in [2.05, 4.69) is 15.5 Å². The van der Waals surface area contributed by atoms with Crippen molar-refractivity contribution < 1.29 is 24.3 Å². The van der Waals surface area contributed by atoms with Gasteiger partial charge in [-0.25, -0.2) is 0 Å². The summed E-state index contributed by atoms with van der Waals surface area (Å²) in [4.78, 5) is 53.2. The van der Waals surface area contributed by atoms with Crippen LogP contribution < -0.4 is 10.6 Å². The monoisotopic (exact) mass is 622 g/mol. The Kier molecular flexibility index (Phi) is 9.77. The topological polar surface area (TPSA) is 119 Å². The molecule has 11 heteroatoms. The van der Waals surface area contributed by atoms with Gasteiger partial charge >= 0.3 is 0 Å². The molecular formula is C32H32Cl2N4O5. The quantitative estimate of drug-likeness (QED) is 0.281. The fourth-order valence-electron chi connectivity index (χ4n) is 5.41. The van der Waals surface area contributed by atoms with Crippen LogP contribution >= 0.6 is 23.2 Å². The highest BCUT2D eigenvalue weighted by molar-refractivity contribution is 6.42. The molecule has 1 unspecified atom stereocenters. The molecule has 0 aromatic heterocycles. The molecule has 3 N–H and O–H groups in total. The molecule has 1 atom stereocenters. The number of carbonyl (C=O) groups is 4. The number of rotatable bonds is 11. The van der Waals surface area contributed by atoms with E-state index in [9.17, 15) is 24.3 Å². The Balaban J connectivity index is 1.14. The van der Waals surface area contributed by atoms with E-state index in [0.717, 1.165) is 29.7 Å². The molecule has 2 aliphatic rings. The van der Waals surface area contributed by atoms with E-state index in [1.165, 1.54) is 4.90 Å². The first-order valence-corrected chi connectivity index (χ1v) is 14.9. The summed E-state index contributed by atoms with van der Waals surface area (Å²) in [5.74, 6) is -1.34. The summed E-state index contributed by atoms with van der Waals surface area (Å²) in [6.07, 6.45) is 1.24. The van der Waals surface area contributed by atoms with Crippen molar-refractivity contribution in [3.63, 3.8) is 0 Å². The summed E-state index contributed by atoms with van der Waals surface area (Å²) in [5.41, 5.74) is 4.66. The third kappa shape index (κ3) is 7.43. The molecule has 9 nitrogen and oxygen atoms in total. The van der Waals surface area contributed by atoms with Gasteiger partial charge in [0.1, 0.15) is 6.04 Å². The van der Waals surface area contributed by atoms with E-state index in [4.69, 9.17) is 23.2 Å². The number of benzene rings is 3. The van der Waals surface area contributed by atoms with Gasteiger partial charge in [0.2, 0.25) is 11.8 Å². The van der Waals surface area contributed by atoms with Crippen molar-refractivity contribution in [3.8, 4) is 0 Å². The molecule has 43 heavy (non-hydrogen) atoms. The molecule has 1 saturated heterocycles. The van der Waals surface area contributed by atoms with E-state index >= 15 is 0 Å². The number of hydrogen-bond donors (Lipinski definition) is 3. The largest absolute Gasteiger partial charge is 0.395 e. The normalized spacial score (nSPS) is 16.4. The van der Waals surface area contributed by atoms with Crippen molar-refractivity contribution in [2.45, 2.75) is 44.9 Å². The summed E-state index contributed by atoms with van der Waals surface area (Å²) in [7, 11) is 0. The summed E-state index contributed by atoms with van der Waals surface area (Å²) >= 11 is 12.2. The zero-order valence-electron chi connectivity index (χ0n) is 23.4. The lowest BCUT2D eigenvalue weighted by molar-refractivity contribution is -0.136. The van der Waals surface area contributed by atoms with Crippen LogP contribution in [-0.4, -0.2) is 64.3 Å². The summed E-state index contributed by atoms with van der Waals surface area (Å²) in [6.45, 7) is 2.54. The minimum atomic E-state index is -0.698. The van der Waals surface area contributed by atoms with Crippen LogP contribution in [0.15, 0.2) is 60.7 Å². The van der Waals surface area contributed by atoms with Crippen molar-refractivity contribution >= 4 is 46.8 Å². The third-order valence-corrected chi connectivity index (χ3v) is 8.52. The predicted octanol–water partition coefficient (Wildman–Crippen LogP) is 3.72. The molecule has 1 fully saturated rings. The van der Waals surface area contributed by atoms with Crippen molar-refractivity contribution in [1.82, 2.24) is 20.4 Å². The predicted molar refractivity (Wildman–Crippen MR) is 163 cm³/mol. The van der Waals surface area contributed by atoms with Gasteiger partial charge in [-0.1, -0.05) is 53.5 Å². The molecule has 0 spiro atoms. The Labute approximate surface area is 259 Å². The fraction of sp³-hybridized carbons (Fsp3) is 0.312. The Bertz CT molecular complexity index is 1550. The Morgan fingerprint density at radius 3 is 2.42 bits per heavy atom. The van der Waals surface area contributed by atoms with Crippen LogP contribution in [0.5, 0.6) is 0 Å². The van der Waals surface area contributed by atoms with Crippen molar-refractivity contribution in [3.05, 3.63) is 104 Å². The van der Waals surface area contributed by atoms with E-state index in [0.29, 0.717) is 46.4 Å². The second-order valence-corrected chi connectivity index (χ2v) is 11.6. The molecule has 2 heterocycles. The highest BCUT2D eigenvalue weighted by Gasteiger charge is 2.39. The third-order valence-electron chi connectivity index (χ3n) is 7.78. The van der Waals surface area contributed by atoms with Crippen LogP contribution in [0.25, 0.3) is 0 Å². The lowest BCUT2D eigenvalue weighted by Crippen LogP contribution is -2.52. The minimum Gasteiger partial charge on any atom is -0.395 e. The van der Waals surface area contributed by atoms with Gasteiger partial charge in [0.15, 0.2) is 0 Å². The van der Waals surface area contributed by atoms with Crippen molar-refractivity contribution in [1.29, 1.82) is 0 Å². The van der Waals surface area contributed by atoms with E-state index in [-0.39, 0.29) is 43.7 Å². The molecule has 3 aromatic rings. The van der Waals surface area contributed by atoms with Crippen LogP contribution in [0.4, 0.5) is 0 Å². The number of aliphatic hydroxyl groups excluding tert-OH is 1. The fourth-order valence-corrected chi connectivity index (χ4v) is 5.74. The maximum atomic E-state index is 12.9. The highest BCUT2D eigenvalue weighted by Crippen LogP contribution is 2.28. The minimum absolute atomic E-state index is 0.0529. The second kappa shape index (κ2) is 13.7. The van der Waals surface area contributed by atoms with Crippen LogP contribution in [0, 0.1) is 0 Å². The van der Waals surface area contributed by atoms with E-state index in [1.807, 2.05) is 36.4 Å². The summed E-state index contributed by atoms with van der Waals surface area (Å²) < 4.78 is 0. The van der Waals surface area contributed by atoms with Gasteiger partial charge < -0.3 is 15.3 Å². The first-order valence-electron chi connectivity index (χ1n) is 14.1. The average molecular weight is 624 g/mol. The molecule has 5 rings (SSSR count). The first kappa shape index (κ1) is 30.7. The first-order chi connectivity index (χ1) is 20.7. The lowest BCUT2D eigenvalue weighted by Gasteiger charge is -2.29. The van der Waals surface area contributed by atoms with E-state index in [1.54, 1.807) is 24.3 Å². The van der Waals surface area contributed by atoms with Gasteiger partial charge in [0.05, 0.1) is 16.7 Å². The number of amides is 4. The highest BCUT2D eigenvalue weighted by atomic mass is 35.5. The number of nitrogens with zero attached hydrogens (tertiary/aromatic N) is 2. The van der Waals surface area contributed by atoms with Gasteiger partial charge in [-0.15, -0.1) is 0 Å². The van der Waals surface area contributed by atoms with Gasteiger partial charge in [-0.3, -0.25) is 29.4 Å². The molecule has 3 aromatic carbocycles. The van der Waals surface area contributed by atoms with Gasteiger partial charge in [-0.2, -0.15) is 0 Å². The number of fused-ring (bicyclic) bond motifs is 1. The van der Waals surface area contributed by atoms with Gasteiger partial charge in [0.25, 0.3) is 11.8 Å². The maximum Gasteiger partial charge on any atom is 0.255 e. The van der Waals surface area contributed by atoms with E-state index < -0.39 is 11.9 Å². The number of aliphatic hydroxyl groups is 1. The zero-order valence-corrected chi connectivity index (χ0v) is 25.0. The molecule has 4 amide bonds. The van der Waals surface area contributed by atoms with Crippen LogP contribution in [-0.2, 0) is 35.6 Å². The standard InChI is InChI=1S/C32H32Cl2N4O5/c33-26-8-5-20(15-27(26)34)11-12-37(13-14-39)18-22-3-1-21(2-4-22)17-35-30(41)23-6-7-25-24(16-23)19-38(32(25)43)28-9-10-29(40)36-31(28)42/h1-8,15-16,28,39H,9-14,17-19H2,(H,35,41)(H,36,40,42). The number of carbonyl (C=O) groups excluding carboxylic acids is 4. The Morgan fingerprint density at radius 2 is 1.70 bits per heavy atom. The molecule has 0 aliphatic carbocycles. The average Bonchev–Trinajstić information content (AvgIpc) is 3.32.